The van der Waals surface area contributed by atoms with Crippen LogP contribution in [-0.2, 0) is 0 Å². The molecule has 2 aromatic rings. The van der Waals surface area contributed by atoms with Gasteiger partial charge in [0.1, 0.15) is 18.0 Å². The molecular weight excluding hydrogens is 280 g/mol. The van der Waals surface area contributed by atoms with Crippen LogP contribution < -0.4 is 15.5 Å². The number of aromatic nitrogens is 3. The van der Waals surface area contributed by atoms with E-state index in [9.17, 15) is 4.79 Å². The fourth-order valence-corrected chi connectivity index (χ4v) is 2.60. The summed E-state index contributed by atoms with van der Waals surface area (Å²) in [6, 6.07) is 5.42. The zero-order valence-corrected chi connectivity index (χ0v) is 12.4. The maximum absolute atomic E-state index is 11.5. The molecular formula is C15H18N6O. The number of aryl methyl sites for hydroxylation is 1. The lowest BCUT2D eigenvalue weighted by molar-refractivity contribution is 0.100. The minimum absolute atomic E-state index is 0.447. The molecule has 0 spiro atoms. The molecule has 7 heteroatoms. The van der Waals surface area contributed by atoms with Crippen molar-refractivity contribution >= 4 is 17.5 Å². The Morgan fingerprint density at radius 1 is 1.14 bits per heavy atom. The number of carbonyl (C=O) groups excluding carboxylic acids is 1. The van der Waals surface area contributed by atoms with Crippen LogP contribution in [0.4, 0.5) is 11.6 Å². The molecule has 0 atom stereocenters. The van der Waals surface area contributed by atoms with Gasteiger partial charge in [0.15, 0.2) is 0 Å². The van der Waals surface area contributed by atoms with Crippen molar-refractivity contribution in [2.45, 2.75) is 6.92 Å². The number of primary amides is 1. The zero-order chi connectivity index (χ0) is 15.5. The van der Waals surface area contributed by atoms with Crippen LogP contribution in [0, 0.1) is 6.92 Å². The number of piperazine rings is 1. The van der Waals surface area contributed by atoms with Crippen LogP contribution >= 0.6 is 0 Å². The van der Waals surface area contributed by atoms with E-state index in [-0.39, 0.29) is 0 Å². The molecule has 22 heavy (non-hydrogen) atoms. The van der Waals surface area contributed by atoms with Gasteiger partial charge in [0.05, 0.1) is 5.56 Å². The summed E-state index contributed by atoms with van der Waals surface area (Å²) in [6.45, 7) is 5.10. The fraction of sp³-hybridized carbons (Fsp3) is 0.333. The average Bonchev–Trinajstić information content (AvgIpc) is 2.55. The smallest absolute Gasteiger partial charge is 0.252 e. The summed E-state index contributed by atoms with van der Waals surface area (Å²) in [7, 11) is 0. The lowest BCUT2D eigenvalue weighted by Gasteiger charge is -2.36. The number of anilines is 2. The molecule has 3 heterocycles. The van der Waals surface area contributed by atoms with Gasteiger partial charge in [-0.2, -0.15) is 0 Å². The van der Waals surface area contributed by atoms with E-state index >= 15 is 0 Å². The first kappa shape index (κ1) is 14.2. The van der Waals surface area contributed by atoms with Crippen LogP contribution in [0.2, 0.25) is 0 Å². The molecule has 0 unspecified atom stereocenters. The Labute approximate surface area is 128 Å². The second kappa shape index (κ2) is 5.97. The molecule has 1 saturated heterocycles. The molecule has 1 aliphatic heterocycles. The molecule has 114 valence electrons. The average molecular weight is 298 g/mol. The first-order chi connectivity index (χ1) is 10.6. The van der Waals surface area contributed by atoms with E-state index in [1.54, 1.807) is 24.7 Å². The molecule has 2 N–H and O–H groups in total. The van der Waals surface area contributed by atoms with E-state index in [1.807, 2.05) is 13.0 Å². The highest BCUT2D eigenvalue weighted by Gasteiger charge is 2.22. The molecule has 7 nitrogen and oxygen atoms in total. The predicted molar refractivity (Wildman–Crippen MR) is 83.9 cm³/mol. The van der Waals surface area contributed by atoms with Crippen LogP contribution in [0.5, 0.6) is 0 Å². The van der Waals surface area contributed by atoms with E-state index in [4.69, 9.17) is 5.73 Å². The second-order valence-electron chi connectivity index (χ2n) is 5.23. The number of hydrogen-bond donors (Lipinski definition) is 1. The topological polar surface area (TPSA) is 88.2 Å². The van der Waals surface area contributed by atoms with Gasteiger partial charge in [-0.3, -0.25) is 4.79 Å². The summed E-state index contributed by atoms with van der Waals surface area (Å²) < 4.78 is 0. The van der Waals surface area contributed by atoms with Gasteiger partial charge in [-0.25, -0.2) is 15.0 Å². The molecule has 0 aliphatic carbocycles. The highest BCUT2D eigenvalue weighted by Crippen LogP contribution is 2.20. The molecule has 3 rings (SSSR count). The largest absolute Gasteiger partial charge is 0.365 e. The maximum atomic E-state index is 11.5. The highest BCUT2D eigenvalue weighted by atomic mass is 16.1. The summed E-state index contributed by atoms with van der Waals surface area (Å²) in [4.78, 5) is 28.6. The standard InChI is InChI=1S/C15H18N6O/c1-11-9-13(19-10-18-11)20-5-7-21(8-6-20)15-12(14(16)22)3-2-4-17-15/h2-4,9-10H,5-8H2,1H3,(H2,16,22). The van der Waals surface area contributed by atoms with E-state index in [2.05, 4.69) is 24.8 Å². The van der Waals surface area contributed by atoms with Gasteiger partial charge < -0.3 is 15.5 Å². The Morgan fingerprint density at radius 3 is 2.55 bits per heavy atom. The number of carbonyl (C=O) groups is 1. The zero-order valence-electron chi connectivity index (χ0n) is 12.4. The number of amides is 1. The van der Waals surface area contributed by atoms with E-state index in [1.165, 1.54) is 0 Å². The molecule has 1 aliphatic rings. The number of hydrogen-bond acceptors (Lipinski definition) is 6. The lowest BCUT2D eigenvalue weighted by atomic mass is 10.2. The molecule has 0 bridgehead atoms. The maximum Gasteiger partial charge on any atom is 0.252 e. The van der Waals surface area contributed by atoms with Crippen LogP contribution in [0.3, 0.4) is 0 Å². The quantitative estimate of drug-likeness (QED) is 0.893. The second-order valence-corrected chi connectivity index (χ2v) is 5.23. The highest BCUT2D eigenvalue weighted by molar-refractivity contribution is 5.97. The third-order valence-electron chi connectivity index (χ3n) is 3.74. The predicted octanol–water partition coefficient (Wildman–Crippen LogP) is 0.606. The van der Waals surface area contributed by atoms with Crippen molar-refractivity contribution in [3.63, 3.8) is 0 Å². The Morgan fingerprint density at radius 2 is 1.86 bits per heavy atom. The van der Waals surface area contributed by atoms with E-state index < -0.39 is 5.91 Å². The monoisotopic (exact) mass is 298 g/mol. The van der Waals surface area contributed by atoms with E-state index in [0.29, 0.717) is 11.4 Å². The number of rotatable bonds is 3. The minimum Gasteiger partial charge on any atom is -0.365 e. The Hall–Kier alpha value is -2.70. The summed E-state index contributed by atoms with van der Waals surface area (Å²) in [5.74, 6) is 1.15. The Bertz CT molecular complexity index is 681. The van der Waals surface area contributed by atoms with E-state index in [0.717, 1.165) is 37.7 Å². The third-order valence-corrected chi connectivity index (χ3v) is 3.74. The molecule has 0 radical (unpaired) electrons. The number of nitrogens with two attached hydrogens (primary N) is 1. The van der Waals surface area contributed by atoms with Crippen molar-refractivity contribution < 1.29 is 4.79 Å². The van der Waals surface area contributed by atoms with Crippen molar-refractivity contribution in [2.75, 3.05) is 36.0 Å². The number of nitrogens with zero attached hydrogens (tertiary/aromatic N) is 5. The summed E-state index contributed by atoms with van der Waals surface area (Å²) >= 11 is 0. The Kier molecular flexibility index (Phi) is 3.86. The summed E-state index contributed by atoms with van der Waals surface area (Å²) in [5.41, 5.74) is 6.84. The van der Waals surface area contributed by atoms with Crippen LogP contribution in [-0.4, -0.2) is 47.0 Å². The van der Waals surface area contributed by atoms with Crippen molar-refractivity contribution in [1.82, 2.24) is 15.0 Å². The molecule has 2 aromatic heterocycles. The van der Waals surface area contributed by atoms with Crippen molar-refractivity contribution in [3.8, 4) is 0 Å². The molecule has 0 saturated carbocycles. The normalized spacial score (nSPS) is 15.0. The fourth-order valence-electron chi connectivity index (χ4n) is 2.60. The summed E-state index contributed by atoms with van der Waals surface area (Å²) in [6.07, 6.45) is 3.27. The van der Waals surface area contributed by atoms with Gasteiger partial charge in [-0.15, -0.1) is 0 Å². The third kappa shape index (κ3) is 2.83. The SMILES string of the molecule is Cc1cc(N2CCN(c3ncccc3C(N)=O)CC2)ncn1. The first-order valence-corrected chi connectivity index (χ1v) is 7.18. The number of pyridine rings is 1. The van der Waals surface area contributed by atoms with Crippen LogP contribution in [0.1, 0.15) is 16.1 Å². The van der Waals surface area contributed by atoms with Gasteiger partial charge in [0.2, 0.25) is 0 Å². The summed E-state index contributed by atoms with van der Waals surface area (Å²) in [5, 5.41) is 0. The van der Waals surface area contributed by atoms with Crippen molar-refractivity contribution in [2.24, 2.45) is 5.73 Å². The molecule has 1 fully saturated rings. The van der Waals surface area contributed by atoms with Crippen molar-refractivity contribution in [3.05, 3.63) is 42.0 Å². The van der Waals surface area contributed by atoms with Crippen LogP contribution in [0.15, 0.2) is 30.7 Å². The first-order valence-electron chi connectivity index (χ1n) is 7.18. The molecule has 1 amide bonds. The van der Waals surface area contributed by atoms with Gasteiger partial charge in [0, 0.05) is 44.1 Å². The van der Waals surface area contributed by atoms with Crippen molar-refractivity contribution in [1.29, 1.82) is 0 Å². The van der Waals surface area contributed by atoms with Gasteiger partial charge in [-0.05, 0) is 19.1 Å². The van der Waals surface area contributed by atoms with Gasteiger partial charge in [0.25, 0.3) is 5.91 Å². The lowest BCUT2D eigenvalue weighted by Crippen LogP contribution is -2.47. The minimum atomic E-state index is -0.447. The molecule has 0 aromatic carbocycles. The Balaban J connectivity index is 1.73. The van der Waals surface area contributed by atoms with Gasteiger partial charge >= 0.3 is 0 Å². The van der Waals surface area contributed by atoms with Crippen LogP contribution in [0.25, 0.3) is 0 Å². The van der Waals surface area contributed by atoms with Gasteiger partial charge in [-0.1, -0.05) is 0 Å².